The van der Waals surface area contributed by atoms with Gasteiger partial charge in [-0.2, -0.15) is 4.39 Å². The van der Waals surface area contributed by atoms with Gasteiger partial charge in [-0.25, -0.2) is 13.8 Å². The molecule has 1 aromatic carbocycles. The van der Waals surface area contributed by atoms with Crippen LogP contribution < -0.4 is 5.32 Å². The van der Waals surface area contributed by atoms with E-state index in [-0.39, 0.29) is 5.56 Å². The number of halogens is 3. The number of rotatable bonds is 2. The molecule has 0 atom stereocenters. The van der Waals surface area contributed by atoms with E-state index in [1.54, 1.807) is 0 Å². The minimum absolute atomic E-state index is 0.000877. The highest BCUT2D eigenvalue weighted by Crippen LogP contribution is 2.18. The molecular formula is C12H7F3N2O. The summed E-state index contributed by atoms with van der Waals surface area (Å²) in [4.78, 5) is 14.9. The summed E-state index contributed by atoms with van der Waals surface area (Å²) in [5.74, 6) is -3.30. The van der Waals surface area contributed by atoms with E-state index >= 15 is 0 Å². The maximum atomic E-state index is 13.3. The van der Waals surface area contributed by atoms with Crippen molar-refractivity contribution in [1.82, 2.24) is 4.98 Å². The first-order valence-electron chi connectivity index (χ1n) is 4.95. The summed E-state index contributed by atoms with van der Waals surface area (Å²) in [5, 5.41) is 2.06. The molecule has 1 heterocycles. The zero-order chi connectivity index (χ0) is 13.1. The number of benzene rings is 1. The SMILES string of the molecule is O=C(Nc1c(F)cccc1F)c1ccc(F)nc1. The Labute approximate surface area is 100 Å². The largest absolute Gasteiger partial charge is 0.317 e. The standard InChI is InChI=1S/C12H7F3N2O/c13-8-2-1-3-9(14)11(8)17-12(18)7-4-5-10(15)16-6-7/h1-6H,(H,17,18). The summed E-state index contributed by atoms with van der Waals surface area (Å²) in [6, 6.07) is 5.35. The summed E-state index contributed by atoms with van der Waals surface area (Å²) in [6.45, 7) is 0. The molecule has 92 valence electrons. The lowest BCUT2D eigenvalue weighted by Gasteiger charge is -2.06. The van der Waals surface area contributed by atoms with E-state index in [4.69, 9.17) is 0 Å². The number of aromatic nitrogens is 1. The maximum absolute atomic E-state index is 13.3. The van der Waals surface area contributed by atoms with Gasteiger partial charge in [-0.15, -0.1) is 0 Å². The molecule has 0 bridgehead atoms. The molecule has 0 saturated carbocycles. The van der Waals surface area contributed by atoms with E-state index < -0.39 is 29.2 Å². The number of nitrogens with zero attached hydrogens (tertiary/aromatic N) is 1. The fourth-order valence-electron chi connectivity index (χ4n) is 1.31. The highest BCUT2D eigenvalue weighted by Gasteiger charge is 2.13. The van der Waals surface area contributed by atoms with Gasteiger partial charge in [0, 0.05) is 6.20 Å². The first kappa shape index (κ1) is 12.1. The lowest BCUT2D eigenvalue weighted by Crippen LogP contribution is -2.14. The molecule has 3 nitrogen and oxygen atoms in total. The zero-order valence-corrected chi connectivity index (χ0v) is 8.95. The summed E-state index contributed by atoms with van der Waals surface area (Å²) in [7, 11) is 0. The van der Waals surface area contributed by atoms with Crippen LogP contribution in [0, 0.1) is 17.6 Å². The number of hydrogen-bond donors (Lipinski definition) is 1. The van der Waals surface area contributed by atoms with E-state index in [9.17, 15) is 18.0 Å². The molecule has 1 amide bonds. The monoisotopic (exact) mass is 252 g/mol. The fourth-order valence-corrected chi connectivity index (χ4v) is 1.31. The Morgan fingerprint density at radius 2 is 1.72 bits per heavy atom. The zero-order valence-electron chi connectivity index (χ0n) is 8.95. The number of amides is 1. The van der Waals surface area contributed by atoms with Crippen LogP contribution in [0.1, 0.15) is 10.4 Å². The van der Waals surface area contributed by atoms with Crippen molar-refractivity contribution in [3.8, 4) is 0 Å². The highest BCUT2D eigenvalue weighted by atomic mass is 19.1. The van der Waals surface area contributed by atoms with Crippen LogP contribution in [0.4, 0.5) is 18.9 Å². The van der Waals surface area contributed by atoms with E-state index in [0.717, 1.165) is 30.5 Å². The van der Waals surface area contributed by atoms with Gasteiger partial charge in [-0.3, -0.25) is 4.79 Å². The second-order valence-corrected chi connectivity index (χ2v) is 3.42. The maximum Gasteiger partial charge on any atom is 0.257 e. The predicted octanol–water partition coefficient (Wildman–Crippen LogP) is 2.75. The Morgan fingerprint density at radius 3 is 2.28 bits per heavy atom. The van der Waals surface area contributed by atoms with Gasteiger partial charge in [0.2, 0.25) is 5.95 Å². The molecule has 2 rings (SSSR count). The van der Waals surface area contributed by atoms with Crippen molar-refractivity contribution in [1.29, 1.82) is 0 Å². The van der Waals surface area contributed by atoms with E-state index in [2.05, 4.69) is 10.3 Å². The minimum atomic E-state index is -0.890. The minimum Gasteiger partial charge on any atom is -0.317 e. The second kappa shape index (κ2) is 4.87. The van der Waals surface area contributed by atoms with Gasteiger partial charge in [0.05, 0.1) is 5.56 Å². The van der Waals surface area contributed by atoms with Crippen molar-refractivity contribution >= 4 is 11.6 Å². The van der Waals surface area contributed by atoms with Gasteiger partial charge in [-0.1, -0.05) is 6.07 Å². The van der Waals surface area contributed by atoms with Crippen molar-refractivity contribution in [2.45, 2.75) is 0 Å². The van der Waals surface area contributed by atoms with Crippen LogP contribution in [-0.4, -0.2) is 10.9 Å². The topological polar surface area (TPSA) is 42.0 Å². The third-order valence-corrected chi connectivity index (χ3v) is 2.19. The van der Waals surface area contributed by atoms with Gasteiger partial charge in [-0.05, 0) is 24.3 Å². The second-order valence-electron chi connectivity index (χ2n) is 3.42. The van der Waals surface area contributed by atoms with Crippen LogP contribution in [0.25, 0.3) is 0 Å². The molecule has 0 spiro atoms. The molecule has 0 saturated heterocycles. The van der Waals surface area contributed by atoms with Gasteiger partial charge in [0.25, 0.3) is 5.91 Å². The third kappa shape index (κ3) is 2.48. The molecule has 2 aromatic rings. The molecule has 1 aromatic heterocycles. The molecule has 18 heavy (non-hydrogen) atoms. The van der Waals surface area contributed by atoms with Crippen molar-refractivity contribution in [3.63, 3.8) is 0 Å². The third-order valence-electron chi connectivity index (χ3n) is 2.19. The van der Waals surface area contributed by atoms with Crippen molar-refractivity contribution in [3.05, 3.63) is 59.7 Å². The van der Waals surface area contributed by atoms with Crippen molar-refractivity contribution in [2.75, 3.05) is 5.32 Å². The quantitative estimate of drug-likeness (QED) is 0.835. The average Bonchev–Trinajstić information content (AvgIpc) is 2.34. The molecule has 0 aliphatic heterocycles. The van der Waals surface area contributed by atoms with Crippen molar-refractivity contribution in [2.24, 2.45) is 0 Å². The van der Waals surface area contributed by atoms with Crippen LogP contribution in [0.2, 0.25) is 0 Å². The summed E-state index contributed by atoms with van der Waals surface area (Å²) in [6.07, 6.45) is 0.976. The predicted molar refractivity (Wildman–Crippen MR) is 58.5 cm³/mol. The number of para-hydroxylation sites is 1. The smallest absolute Gasteiger partial charge is 0.257 e. The number of hydrogen-bond acceptors (Lipinski definition) is 2. The van der Waals surface area contributed by atoms with Crippen LogP contribution in [0.15, 0.2) is 36.5 Å². The van der Waals surface area contributed by atoms with Crippen LogP contribution in [0.5, 0.6) is 0 Å². The molecule has 1 N–H and O–H groups in total. The number of nitrogens with one attached hydrogen (secondary N) is 1. The molecular weight excluding hydrogens is 245 g/mol. The van der Waals surface area contributed by atoms with Crippen LogP contribution in [0.3, 0.4) is 0 Å². The van der Waals surface area contributed by atoms with Gasteiger partial charge in [0.15, 0.2) is 0 Å². The first-order chi connectivity index (χ1) is 8.58. The number of anilines is 1. The van der Waals surface area contributed by atoms with Crippen LogP contribution in [-0.2, 0) is 0 Å². The molecule has 6 heteroatoms. The summed E-state index contributed by atoms with van der Waals surface area (Å²) < 4.78 is 39.1. The van der Waals surface area contributed by atoms with E-state index in [0.29, 0.717) is 0 Å². The molecule has 0 unspecified atom stereocenters. The molecule has 0 aliphatic carbocycles. The van der Waals surface area contributed by atoms with Crippen molar-refractivity contribution < 1.29 is 18.0 Å². The Bertz CT molecular complexity index is 564. The number of carbonyl (C=O) groups excluding carboxylic acids is 1. The normalized spacial score (nSPS) is 10.2. The Hall–Kier alpha value is -2.37. The summed E-state index contributed by atoms with van der Waals surface area (Å²) >= 11 is 0. The molecule has 0 aliphatic rings. The lowest BCUT2D eigenvalue weighted by atomic mass is 10.2. The Kier molecular flexibility index (Phi) is 3.27. The first-order valence-corrected chi connectivity index (χ1v) is 4.95. The number of pyridine rings is 1. The van der Waals surface area contributed by atoms with Gasteiger partial charge >= 0.3 is 0 Å². The Morgan fingerprint density at radius 1 is 1.06 bits per heavy atom. The van der Waals surface area contributed by atoms with Gasteiger partial charge < -0.3 is 5.32 Å². The van der Waals surface area contributed by atoms with E-state index in [1.807, 2.05) is 0 Å². The average molecular weight is 252 g/mol. The molecule has 0 radical (unpaired) electrons. The Balaban J connectivity index is 2.24. The lowest BCUT2D eigenvalue weighted by molar-refractivity contribution is 0.102. The van der Waals surface area contributed by atoms with E-state index in [1.165, 1.54) is 6.07 Å². The highest BCUT2D eigenvalue weighted by molar-refractivity contribution is 6.04. The number of carbonyl (C=O) groups is 1. The molecule has 0 fully saturated rings. The summed E-state index contributed by atoms with van der Waals surface area (Å²) in [5.41, 5.74) is -0.550. The fraction of sp³-hybridized carbons (Fsp3) is 0. The van der Waals surface area contributed by atoms with Crippen LogP contribution >= 0.6 is 0 Å². The van der Waals surface area contributed by atoms with Gasteiger partial charge in [0.1, 0.15) is 17.3 Å².